The number of rotatable bonds is 13. The first-order valence-corrected chi connectivity index (χ1v) is 10.3. The van der Waals surface area contributed by atoms with Crippen molar-refractivity contribution in [1.29, 1.82) is 0 Å². The van der Waals surface area contributed by atoms with Gasteiger partial charge in [-0.2, -0.15) is 0 Å². The maximum absolute atomic E-state index is 10.1. The number of aliphatic hydroxyl groups is 1. The summed E-state index contributed by atoms with van der Waals surface area (Å²) in [5.74, 6) is 1.50. The third kappa shape index (κ3) is 8.25. The van der Waals surface area contributed by atoms with E-state index in [-0.39, 0.29) is 6.61 Å². The Kier molecular flexibility index (Phi) is 9.21. The molecule has 1 atom stereocenters. The van der Waals surface area contributed by atoms with E-state index in [1.54, 1.807) is 0 Å². The number of hydrogen-bond acceptors (Lipinski definition) is 5. The van der Waals surface area contributed by atoms with Crippen LogP contribution in [0.4, 0.5) is 0 Å². The van der Waals surface area contributed by atoms with Gasteiger partial charge in [-0.05, 0) is 35.4 Å². The normalized spacial score (nSPS) is 11.8. The van der Waals surface area contributed by atoms with Crippen LogP contribution in [-0.4, -0.2) is 37.5 Å². The topological polar surface area (TPSA) is 62.8 Å². The molecule has 158 valence electrons. The van der Waals surface area contributed by atoms with Crippen LogP contribution in [0.2, 0.25) is 0 Å². The highest BCUT2D eigenvalue weighted by atomic mass is 16.5. The Balaban J connectivity index is 1.25. The van der Waals surface area contributed by atoms with E-state index in [4.69, 9.17) is 9.47 Å². The monoisotopic (exact) mass is 406 g/mol. The molecule has 3 aromatic carbocycles. The van der Waals surface area contributed by atoms with Crippen molar-refractivity contribution in [1.82, 2.24) is 10.6 Å². The smallest absolute Gasteiger partial charge is 0.120 e. The Morgan fingerprint density at radius 3 is 1.90 bits per heavy atom. The lowest BCUT2D eigenvalue weighted by atomic mass is 10.2. The van der Waals surface area contributed by atoms with Crippen molar-refractivity contribution in [2.45, 2.75) is 19.3 Å². The van der Waals surface area contributed by atoms with Gasteiger partial charge in [0.2, 0.25) is 0 Å². The summed E-state index contributed by atoms with van der Waals surface area (Å²) in [5.41, 5.74) is 2.39. The molecule has 0 radical (unpaired) electrons. The molecule has 0 saturated carbocycles. The molecule has 3 rings (SSSR count). The van der Waals surface area contributed by atoms with Crippen molar-refractivity contribution in [3.63, 3.8) is 0 Å². The second kappa shape index (κ2) is 12.6. The average Bonchev–Trinajstić information content (AvgIpc) is 2.80. The van der Waals surface area contributed by atoms with E-state index in [2.05, 4.69) is 22.8 Å². The summed E-state index contributed by atoms with van der Waals surface area (Å²) in [7, 11) is 0. The van der Waals surface area contributed by atoms with E-state index < -0.39 is 6.10 Å². The highest BCUT2D eigenvalue weighted by Gasteiger charge is 2.05. The van der Waals surface area contributed by atoms with E-state index in [0.717, 1.165) is 30.9 Å². The van der Waals surface area contributed by atoms with Crippen LogP contribution in [-0.2, 0) is 13.2 Å². The summed E-state index contributed by atoms with van der Waals surface area (Å²) in [4.78, 5) is 0. The summed E-state index contributed by atoms with van der Waals surface area (Å²) in [5, 5.41) is 16.7. The van der Waals surface area contributed by atoms with Gasteiger partial charge in [-0.1, -0.05) is 60.7 Å². The molecular weight excluding hydrogens is 376 g/mol. The number of hydrogen-bond donors (Lipinski definition) is 3. The van der Waals surface area contributed by atoms with Gasteiger partial charge in [0.15, 0.2) is 0 Å². The second-order valence-electron chi connectivity index (χ2n) is 7.08. The Morgan fingerprint density at radius 2 is 1.23 bits per heavy atom. The minimum absolute atomic E-state index is 0.245. The molecule has 0 saturated heterocycles. The van der Waals surface area contributed by atoms with E-state index in [1.165, 1.54) is 5.56 Å². The zero-order chi connectivity index (χ0) is 20.9. The van der Waals surface area contributed by atoms with Crippen LogP contribution >= 0.6 is 0 Å². The van der Waals surface area contributed by atoms with Crippen molar-refractivity contribution in [3.05, 3.63) is 96.1 Å². The molecule has 0 aliphatic rings. The second-order valence-corrected chi connectivity index (χ2v) is 7.08. The van der Waals surface area contributed by atoms with Crippen LogP contribution in [0.3, 0.4) is 0 Å². The van der Waals surface area contributed by atoms with E-state index in [1.807, 2.05) is 72.8 Å². The fraction of sp³-hybridized carbons (Fsp3) is 0.280. The van der Waals surface area contributed by atoms with Crippen LogP contribution in [0.25, 0.3) is 0 Å². The molecule has 5 nitrogen and oxygen atoms in total. The zero-order valence-electron chi connectivity index (χ0n) is 17.2. The molecule has 0 amide bonds. The molecular formula is C25H30N2O3. The van der Waals surface area contributed by atoms with Crippen LogP contribution in [0.5, 0.6) is 11.5 Å². The maximum atomic E-state index is 10.1. The number of benzene rings is 3. The number of ether oxygens (including phenoxy) is 2. The Bertz CT molecular complexity index is 826. The molecule has 3 aromatic rings. The van der Waals surface area contributed by atoms with Crippen LogP contribution in [0.1, 0.15) is 11.1 Å². The first-order valence-electron chi connectivity index (χ1n) is 10.3. The van der Waals surface area contributed by atoms with E-state index in [0.29, 0.717) is 18.9 Å². The van der Waals surface area contributed by atoms with Gasteiger partial charge in [0.25, 0.3) is 0 Å². The standard InChI is InChI=1S/C25H30N2O3/c28-23(18-27-16-15-26-17-21-7-3-1-4-8-21)20-30-25-13-11-24(12-14-25)29-19-22-9-5-2-6-10-22/h1-14,23,26-28H,15-20H2. The summed E-state index contributed by atoms with van der Waals surface area (Å²) in [6.45, 7) is 3.75. The maximum Gasteiger partial charge on any atom is 0.120 e. The molecule has 30 heavy (non-hydrogen) atoms. The lowest BCUT2D eigenvalue weighted by Gasteiger charge is -2.14. The number of aliphatic hydroxyl groups excluding tert-OH is 1. The summed E-state index contributed by atoms with van der Waals surface area (Å²) < 4.78 is 11.4. The van der Waals surface area contributed by atoms with Crippen molar-refractivity contribution in [2.24, 2.45) is 0 Å². The molecule has 0 heterocycles. The highest BCUT2D eigenvalue weighted by Crippen LogP contribution is 2.18. The van der Waals surface area contributed by atoms with E-state index in [9.17, 15) is 5.11 Å². The minimum atomic E-state index is -0.562. The fourth-order valence-electron chi connectivity index (χ4n) is 2.90. The molecule has 0 aliphatic heterocycles. The summed E-state index contributed by atoms with van der Waals surface area (Å²) >= 11 is 0. The van der Waals surface area contributed by atoms with Crippen LogP contribution in [0.15, 0.2) is 84.9 Å². The van der Waals surface area contributed by atoms with Gasteiger partial charge in [-0.3, -0.25) is 0 Å². The largest absolute Gasteiger partial charge is 0.491 e. The van der Waals surface area contributed by atoms with Gasteiger partial charge in [-0.15, -0.1) is 0 Å². The lowest BCUT2D eigenvalue weighted by molar-refractivity contribution is 0.106. The quantitative estimate of drug-likeness (QED) is 0.380. The van der Waals surface area contributed by atoms with E-state index >= 15 is 0 Å². The lowest BCUT2D eigenvalue weighted by Crippen LogP contribution is -2.35. The molecule has 0 aliphatic carbocycles. The van der Waals surface area contributed by atoms with Crippen molar-refractivity contribution < 1.29 is 14.6 Å². The zero-order valence-corrected chi connectivity index (χ0v) is 17.2. The van der Waals surface area contributed by atoms with Crippen molar-refractivity contribution in [3.8, 4) is 11.5 Å². The molecule has 0 fully saturated rings. The van der Waals surface area contributed by atoms with Gasteiger partial charge < -0.3 is 25.2 Å². The Morgan fingerprint density at radius 1 is 0.667 bits per heavy atom. The molecule has 0 aromatic heterocycles. The third-order valence-electron chi connectivity index (χ3n) is 4.54. The van der Waals surface area contributed by atoms with Gasteiger partial charge >= 0.3 is 0 Å². The van der Waals surface area contributed by atoms with Crippen LogP contribution < -0.4 is 20.1 Å². The summed E-state index contributed by atoms with van der Waals surface area (Å²) in [6, 6.07) is 27.8. The van der Waals surface area contributed by atoms with Crippen LogP contribution in [0, 0.1) is 0 Å². The molecule has 5 heteroatoms. The van der Waals surface area contributed by atoms with Gasteiger partial charge in [0, 0.05) is 26.2 Å². The molecule has 0 bridgehead atoms. The van der Waals surface area contributed by atoms with Crippen molar-refractivity contribution >= 4 is 0 Å². The first kappa shape index (κ1) is 21.8. The SMILES string of the molecule is OC(CNCCNCc1ccccc1)COc1ccc(OCc2ccccc2)cc1. The van der Waals surface area contributed by atoms with Crippen molar-refractivity contribution in [2.75, 3.05) is 26.2 Å². The van der Waals surface area contributed by atoms with Gasteiger partial charge in [-0.25, -0.2) is 0 Å². The predicted molar refractivity (Wildman–Crippen MR) is 120 cm³/mol. The molecule has 3 N–H and O–H groups in total. The van der Waals surface area contributed by atoms with Gasteiger partial charge in [0.1, 0.15) is 30.8 Å². The fourth-order valence-corrected chi connectivity index (χ4v) is 2.90. The Hall–Kier alpha value is -2.86. The third-order valence-corrected chi connectivity index (χ3v) is 4.54. The molecule has 0 spiro atoms. The number of nitrogens with one attached hydrogen (secondary N) is 2. The summed E-state index contributed by atoms with van der Waals surface area (Å²) in [6.07, 6.45) is -0.562. The Labute approximate surface area is 178 Å². The predicted octanol–water partition coefficient (Wildman–Crippen LogP) is 3.38. The molecule has 1 unspecified atom stereocenters. The average molecular weight is 407 g/mol. The van der Waals surface area contributed by atoms with Gasteiger partial charge in [0.05, 0.1) is 0 Å². The minimum Gasteiger partial charge on any atom is -0.491 e. The first-order chi connectivity index (χ1) is 14.8. The highest BCUT2D eigenvalue weighted by molar-refractivity contribution is 5.31.